The number of allylic oxidation sites excluding steroid dienone is 1. The molecular weight excluding hydrogens is 300 g/mol. The highest BCUT2D eigenvalue weighted by molar-refractivity contribution is 7.92. The summed E-state index contributed by atoms with van der Waals surface area (Å²) in [5, 5.41) is 5.05. The fourth-order valence-corrected chi connectivity index (χ4v) is 4.20. The number of hydrogen-bond acceptors (Lipinski definition) is 4. The van der Waals surface area contributed by atoms with Crippen LogP contribution in [-0.4, -0.2) is 34.7 Å². The Morgan fingerprint density at radius 2 is 1.75 bits per heavy atom. The van der Waals surface area contributed by atoms with E-state index in [1.54, 1.807) is 6.08 Å². The Bertz CT molecular complexity index is 681. The summed E-state index contributed by atoms with van der Waals surface area (Å²) in [6.07, 6.45) is 2.98. The molecule has 1 rings (SSSR count). The van der Waals surface area contributed by atoms with Gasteiger partial charge in [0.15, 0.2) is 0 Å². The SMILES string of the molecule is C=CCCCN(C)S(=O)(=O)c1ccccc1S(N)(=O)=O. The van der Waals surface area contributed by atoms with Crippen LogP contribution in [0.3, 0.4) is 0 Å². The second-order valence-corrected chi connectivity index (χ2v) is 7.79. The maximum absolute atomic E-state index is 12.4. The molecule has 0 bridgehead atoms. The summed E-state index contributed by atoms with van der Waals surface area (Å²) in [5.41, 5.74) is 0. The van der Waals surface area contributed by atoms with E-state index in [0.29, 0.717) is 12.8 Å². The van der Waals surface area contributed by atoms with E-state index < -0.39 is 24.9 Å². The van der Waals surface area contributed by atoms with Crippen molar-refractivity contribution in [3.05, 3.63) is 36.9 Å². The zero-order valence-electron chi connectivity index (χ0n) is 11.2. The molecule has 0 unspecified atom stereocenters. The van der Waals surface area contributed by atoms with Gasteiger partial charge in [-0.3, -0.25) is 0 Å². The molecule has 0 heterocycles. The van der Waals surface area contributed by atoms with Crippen molar-refractivity contribution in [2.75, 3.05) is 13.6 Å². The second-order valence-electron chi connectivity index (χ2n) is 4.25. The molecule has 0 spiro atoms. The first kappa shape index (κ1) is 16.8. The minimum Gasteiger partial charge on any atom is -0.225 e. The molecule has 0 aromatic heterocycles. The van der Waals surface area contributed by atoms with Gasteiger partial charge in [-0.05, 0) is 25.0 Å². The lowest BCUT2D eigenvalue weighted by Crippen LogP contribution is -2.30. The number of primary sulfonamides is 1. The molecule has 1 aromatic rings. The highest BCUT2D eigenvalue weighted by Gasteiger charge is 2.27. The Hall–Kier alpha value is -1.22. The summed E-state index contributed by atoms with van der Waals surface area (Å²) < 4.78 is 48.8. The zero-order valence-corrected chi connectivity index (χ0v) is 12.8. The van der Waals surface area contributed by atoms with Gasteiger partial charge in [0.2, 0.25) is 20.0 Å². The summed E-state index contributed by atoms with van der Waals surface area (Å²) in [5.74, 6) is 0. The van der Waals surface area contributed by atoms with Crippen LogP contribution in [0.25, 0.3) is 0 Å². The third-order valence-electron chi connectivity index (χ3n) is 2.73. The predicted molar refractivity (Wildman–Crippen MR) is 77.1 cm³/mol. The molecule has 0 aliphatic heterocycles. The summed E-state index contributed by atoms with van der Waals surface area (Å²) in [6.45, 7) is 3.83. The van der Waals surface area contributed by atoms with E-state index in [0.717, 1.165) is 4.31 Å². The summed E-state index contributed by atoms with van der Waals surface area (Å²) in [4.78, 5) is -0.695. The Labute approximate surface area is 120 Å². The Kier molecular flexibility index (Phi) is 5.46. The molecule has 0 aliphatic rings. The average molecular weight is 318 g/mol. The molecule has 20 heavy (non-hydrogen) atoms. The molecule has 6 nitrogen and oxygen atoms in total. The van der Waals surface area contributed by atoms with Gasteiger partial charge < -0.3 is 0 Å². The summed E-state index contributed by atoms with van der Waals surface area (Å²) >= 11 is 0. The van der Waals surface area contributed by atoms with Crippen LogP contribution in [0.15, 0.2) is 46.7 Å². The van der Waals surface area contributed by atoms with E-state index in [4.69, 9.17) is 5.14 Å². The van der Waals surface area contributed by atoms with E-state index >= 15 is 0 Å². The normalized spacial score (nSPS) is 12.6. The van der Waals surface area contributed by atoms with E-state index in [-0.39, 0.29) is 11.4 Å². The van der Waals surface area contributed by atoms with Crippen LogP contribution in [0.5, 0.6) is 0 Å². The van der Waals surface area contributed by atoms with E-state index in [1.165, 1.54) is 31.3 Å². The van der Waals surface area contributed by atoms with Gasteiger partial charge in [0.05, 0.1) is 0 Å². The Morgan fingerprint density at radius 1 is 1.20 bits per heavy atom. The lowest BCUT2D eigenvalue weighted by atomic mass is 10.3. The monoisotopic (exact) mass is 318 g/mol. The molecule has 0 aliphatic carbocycles. The van der Waals surface area contributed by atoms with E-state index in [1.807, 2.05) is 0 Å². The van der Waals surface area contributed by atoms with Gasteiger partial charge in [0, 0.05) is 13.6 Å². The van der Waals surface area contributed by atoms with Gasteiger partial charge in [-0.25, -0.2) is 26.3 Å². The Morgan fingerprint density at radius 3 is 2.25 bits per heavy atom. The molecule has 0 fully saturated rings. The fraction of sp³-hybridized carbons (Fsp3) is 0.333. The lowest BCUT2D eigenvalue weighted by Gasteiger charge is -2.18. The Balaban J connectivity index is 3.20. The number of unbranched alkanes of at least 4 members (excludes halogenated alkanes) is 1. The first-order valence-electron chi connectivity index (χ1n) is 5.90. The number of nitrogens with zero attached hydrogens (tertiary/aromatic N) is 1. The van der Waals surface area contributed by atoms with Crippen LogP contribution in [-0.2, 0) is 20.0 Å². The minimum atomic E-state index is -4.10. The maximum atomic E-state index is 12.4. The van der Waals surface area contributed by atoms with Crippen molar-refractivity contribution in [1.29, 1.82) is 0 Å². The molecule has 0 saturated carbocycles. The quantitative estimate of drug-likeness (QED) is 0.597. The largest absolute Gasteiger partial charge is 0.244 e. The topological polar surface area (TPSA) is 97.5 Å². The number of rotatable bonds is 7. The number of hydrogen-bond donors (Lipinski definition) is 1. The van der Waals surface area contributed by atoms with Crippen molar-refractivity contribution in [2.24, 2.45) is 5.14 Å². The van der Waals surface area contributed by atoms with Crippen molar-refractivity contribution < 1.29 is 16.8 Å². The zero-order chi connectivity index (χ0) is 15.4. The van der Waals surface area contributed by atoms with Crippen molar-refractivity contribution in [1.82, 2.24) is 4.31 Å². The van der Waals surface area contributed by atoms with E-state index in [2.05, 4.69) is 6.58 Å². The minimum absolute atomic E-state index is 0.271. The lowest BCUT2D eigenvalue weighted by molar-refractivity contribution is 0.460. The van der Waals surface area contributed by atoms with E-state index in [9.17, 15) is 16.8 Å². The summed E-state index contributed by atoms with van der Waals surface area (Å²) in [7, 11) is -6.59. The third kappa shape index (κ3) is 3.89. The molecule has 0 saturated heterocycles. The fourth-order valence-electron chi connectivity index (χ4n) is 1.64. The predicted octanol–water partition coefficient (Wildman–Crippen LogP) is 0.921. The molecule has 8 heteroatoms. The van der Waals surface area contributed by atoms with Crippen molar-refractivity contribution in [2.45, 2.75) is 22.6 Å². The van der Waals surface area contributed by atoms with Gasteiger partial charge in [-0.15, -0.1) is 6.58 Å². The molecule has 0 atom stereocenters. The van der Waals surface area contributed by atoms with Gasteiger partial charge in [0.1, 0.15) is 9.79 Å². The third-order valence-corrected chi connectivity index (χ3v) is 5.74. The maximum Gasteiger partial charge on any atom is 0.244 e. The average Bonchev–Trinajstić information content (AvgIpc) is 2.38. The van der Waals surface area contributed by atoms with Crippen molar-refractivity contribution in [3.8, 4) is 0 Å². The molecular formula is C12H18N2O4S2. The van der Waals surface area contributed by atoms with Crippen LogP contribution >= 0.6 is 0 Å². The van der Waals surface area contributed by atoms with Crippen LogP contribution in [0.2, 0.25) is 0 Å². The molecule has 112 valence electrons. The van der Waals surface area contributed by atoms with Crippen LogP contribution < -0.4 is 5.14 Å². The van der Waals surface area contributed by atoms with Crippen LogP contribution in [0.1, 0.15) is 12.8 Å². The highest BCUT2D eigenvalue weighted by Crippen LogP contribution is 2.22. The molecule has 2 N–H and O–H groups in total. The molecule has 0 radical (unpaired) electrons. The second kappa shape index (κ2) is 6.49. The molecule has 1 aromatic carbocycles. The van der Waals surface area contributed by atoms with Crippen molar-refractivity contribution >= 4 is 20.0 Å². The molecule has 0 amide bonds. The van der Waals surface area contributed by atoms with Gasteiger partial charge in [-0.1, -0.05) is 18.2 Å². The van der Waals surface area contributed by atoms with Gasteiger partial charge in [0.25, 0.3) is 0 Å². The highest BCUT2D eigenvalue weighted by atomic mass is 32.2. The van der Waals surface area contributed by atoms with Crippen LogP contribution in [0, 0.1) is 0 Å². The first-order valence-corrected chi connectivity index (χ1v) is 8.89. The number of sulfonamides is 2. The van der Waals surface area contributed by atoms with Crippen LogP contribution in [0.4, 0.5) is 0 Å². The number of benzene rings is 1. The van der Waals surface area contributed by atoms with Gasteiger partial charge >= 0.3 is 0 Å². The smallest absolute Gasteiger partial charge is 0.225 e. The number of nitrogens with two attached hydrogens (primary N) is 1. The standard InChI is InChI=1S/C12H18N2O4S2/c1-3-4-7-10-14(2)20(17,18)12-9-6-5-8-11(12)19(13,15)16/h3,5-6,8-9H,1,4,7,10H2,2H3,(H2,13,15,16). The summed E-state index contributed by atoms with van der Waals surface area (Å²) in [6, 6.07) is 5.30. The van der Waals surface area contributed by atoms with Gasteiger partial charge in [-0.2, -0.15) is 0 Å². The van der Waals surface area contributed by atoms with Crippen molar-refractivity contribution in [3.63, 3.8) is 0 Å². The first-order chi connectivity index (χ1) is 9.21.